The molecule has 1 aliphatic rings. The number of benzene rings is 2. The molecule has 0 unspecified atom stereocenters. The first-order valence-corrected chi connectivity index (χ1v) is 10.7. The Morgan fingerprint density at radius 3 is 2.63 bits per heavy atom. The Morgan fingerprint density at radius 1 is 1.07 bits per heavy atom. The number of amides is 1. The Labute approximate surface area is 181 Å². The third kappa shape index (κ3) is 4.08. The number of nitrogens with one attached hydrogen (secondary N) is 2. The third-order valence-corrected chi connectivity index (χ3v) is 5.75. The zero-order chi connectivity index (χ0) is 21.4. The van der Waals surface area contributed by atoms with Crippen molar-refractivity contribution in [2.45, 2.75) is 39.7 Å². The Bertz CT molecular complexity index is 1170. The fourth-order valence-electron chi connectivity index (χ4n) is 4.06. The summed E-state index contributed by atoms with van der Waals surface area (Å²) in [4.78, 5) is 29.8. The number of carbonyl (C=O) groups is 1. The number of hydrogen-bond donors (Lipinski definition) is 2. The number of hydrogen-bond acceptors (Lipinski definition) is 3. The first-order chi connectivity index (χ1) is 14.3. The average Bonchev–Trinajstić information content (AvgIpc) is 2.69. The highest BCUT2D eigenvalue weighted by atomic mass is 35.5. The van der Waals surface area contributed by atoms with Gasteiger partial charge in [0.15, 0.2) is 0 Å². The number of pyridine rings is 1. The summed E-state index contributed by atoms with van der Waals surface area (Å²) in [7, 11) is 0. The lowest BCUT2D eigenvalue weighted by atomic mass is 9.99. The summed E-state index contributed by atoms with van der Waals surface area (Å²) < 4.78 is 0. The number of fused-ring (bicyclic) bond motifs is 2. The normalized spacial score (nSPS) is 14.8. The first kappa shape index (κ1) is 20.5. The highest BCUT2D eigenvalue weighted by Gasteiger charge is 2.25. The monoisotopic (exact) mass is 423 g/mol. The van der Waals surface area contributed by atoms with Crippen LogP contribution in [0.4, 0.5) is 11.4 Å². The predicted octanol–water partition coefficient (Wildman–Crippen LogP) is 5.29. The zero-order valence-corrected chi connectivity index (χ0v) is 18.2. The molecule has 0 bridgehead atoms. The molecular weight excluding hydrogens is 398 g/mol. The maximum atomic E-state index is 12.6. The Balaban J connectivity index is 1.61. The second kappa shape index (κ2) is 8.15. The van der Waals surface area contributed by atoms with E-state index in [-0.39, 0.29) is 17.5 Å². The molecule has 5 nitrogen and oxygen atoms in total. The molecule has 0 radical (unpaired) electrons. The molecule has 1 atom stereocenters. The van der Waals surface area contributed by atoms with Crippen molar-refractivity contribution >= 4 is 39.8 Å². The van der Waals surface area contributed by atoms with Gasteiger partial charge in [0.05, 0.1) is 6.04 Å². The molecule has 3 aromatic rings. The molecule has 2 aromatic carbocycles. The van der Waals surface area contributed by atoms with E-state index in [1.807, 2.05) is 42.2 Å². The lowest BCUT2D eigenvalue weighted by Gasteiger charge is -2.31. The highest BCUT2D eigenvalue weighted by Crippen LogP contribution is 2.32. The summed E-state index contributed by atoms with van der Waals surface area (Å²) in [5.41, 5.74) is 4.40. The Hall–Kier alpha value is -2.79. The number of nitrogens with zero attached hydrogens (tertiary/aromatic N) is 1. The van der Waals surface area contributed by atoms with Gasteiger partial charge in [-0.15, -0.1) is 0 Å². The summed E-state index contributed by atoms with van der Waals surface area (Å²) in [6, 6.07) is 13.2. The number of halogens is 1. The van der Waals surface area contributed by atoms with Gasteiger partial charge < -0.3 is 15.2 Å². The van der Waals surface area contributed by atoms with E-state index in [1.165, 1.54) is 0 Å². The van der Waals surface area contributed by atoms with Crippen LogP contribution in [-0.4, -0.2) is 17.4 Å². The molecule has 30 heavy (non-hydrogen) atoms. The summed E-state index contributed by atoms with van der Waals surface area (Å²) in [5, 5.41) is 4.98. The maximum absolute atomic E-state index is 12.6. The molecule has 1 aliphatic heterocycles. The summed E-state index contributed by atoms with van der Waals surface area (Å²) >= 11 is 6.11. The van der Waals surface area contributed by atoms with Crippen LogP contribution in [0, 0.1) is 5.92 Å². The molecule has 0 fully saturated rings. The predicted molar refractivity (Wildman–Crippen MR) is 124 cm³/mol. The molecule has 6 heteroatoms. The van der Waals surface area contributed by atoms with Gasteiger partial charge in [-0.05, 0) is 67.3 Å². The lowest BCUT2D eigenvalue weighted by molar-refractivity contribution is -0.119. The number of aromatic nitrogens is 1. The number of H-pyrrole nitrogens is 1. The molecule has 2 heterocycles. The second-order valence-electron chi connectivity index (χ2n) is 8.39. The van der Waals surface area contributed by atoms with Crippen molar-refractivity contribution in [2.24, 2.45) is 5.92 Å². The molecule has 0 spiro atoms. The van der Waals surface area contributed by atoms with Crippen LogP contribution >= 0.6 is 11.6 Å². The van der Waals surface area contributed by atoms with E-state index in [2.05, 4.69) is 30.2 Å². The van der Waals surface area contributed by atoms with E-state index in [0.29, 0.717) is 22.9 Å². The van der Waals surface area contributed by atoms with E-state index in [0.717, 1.165) is 40.8 Å². The van der Waals surface area contributed by atoms with E-state index in [4.69, 9.17) is 11.6 Å². The fourth-order valence-corrected chi connectivity index (χ4v) is 4.24. The van der Waals surface area contributed by atoms with Gasteiger partial charge >= 0.3 is 0 Å². The summed E-state index contributed by atoms with van der Waals surface area (Å²) in [6.07, 6.45) is 1.27. The lowest BCUT2D eigenvalue weighted by Crippen LogP contribution is -2.37. The smallest absolute Gasteiger partial charge is 0.253 e. The average molecular weight is 424 g/mol. The van der Waals surface area contributed by atoms with Crippen LogP contribution in [0.5, 0.6) is 0 Å². The number of anilines is 2. The molecule has 2 N–H and O–H groups in total. The zero-order valence-electron chi connectivity index (χ0n) is 17.5. The molecular formula is C24H26ClN3O2. The molecule has 4 rings (SSSR count). The number of aryl methyl sites for hydroxylation is 1. The second-order valence-corrected chi connectivity index (χ2v) is 8.83. The molecule has 1 amide bonds. The van der Waals surface area contributed by atoms with Crippen LogP contribution in [0.2, 0.25) is 5.02 Å². The van der Waals surface area contributed by atoms with Crippen LogP contribution in [-0.2, 0) is 11.2 Å². The van der Waals surface area contributed by atoms with Gasteiger partial charge in [0.1, 0.15) is 0 Å². The van der Waals surface area contributed by atoms with Gasteiger partial charge in [-0.3, -0.25) is 9.59 Å². The standard InChI is InChI=1S/C24H26ClN3O2/c1-14(2)13-28-22-8-6-19(11-16(22)4-9-23(28)29)26-15(3)20-12-17-10-18(25)5-7-21(17)27-24(20)30/h5-8,10-12,14-15,26H,4,9,13H2,1-3H3,(H,27,30)/t15-/m0/s1. The third-order valence-electron chi connectivity index (χ3n) is 5.51. The molecule has 1 aromatic heterocycles. The van der Waals surface area contributed by atoms with Gasteiger partial charge in [-0.1, -0.05) is 25.4 Å². The quantitative estimate of drug-likeness (QED) is 0.586. The maximum Gasteiger partial charge on any atom is 0.253 e. The number of rotatable bonds is 5. The van der Waals surface area contributed by atoms with Gasteiger partial charge in [-0.25, -0.2) is 0 Å². The van der Waals surface area contributed by atoms with Crippen molar-refractivity contribution in [1.29, 1.82) is 0 Å². The van der Waals surface area contributed by atoms with Crippen molar-refractivity contribution in [3.05, 3.63) is 69.0 Å². The summed E-state index contributed by atoms with van der Waals surface area (Å²) in [5.74, 6) is 0.595. The summed E-state index contributed by atoms with van der Waals surface area (Å²) in [6.45, 7) is 6.93. The number of carbonyl (C=O) groups excluding carboxylic acids is 1. The van der Waals surface area contributed by atoms with Crippen molar-refractivity contribution in [2.75, 3.05) is 16.8 Å². The number of aromatic amines is 1. The SMILES string of the molecule is CC(C)CN1C(=O)CCc2cc(N[C@@H](C)c3cc4cc(Cl)ccc4[nH]c3=O)ccc21. The van der Waals surface area contributed by atoms with E-state index in [1.54, 1.807) is 6.07 Å². The molecule has 0 saturated heterocycles. The van der Waals surface area contributed by atoms with Crippen LogP contribution in [0.15, 0.2) is 47.3 Å². The van der Waals surface area contributed by atoms with Gasteiger partial charge in [0.2, 0.25) is 5.91 Å². The van der Waals surface area contributed by atoms with Crippen LogP contribution in [0.1, 0.15) is 44.4 Å². The molecule has 0 aliphatic carbocycles. The van der Waals surface area contributed by atoms with E-state index in [9.17, 15) is 9.59 Å². The minimum absolute atomic E-state index is 0.114. The van der Waals surface area contributed by atoms with Crippen LogP contribution < -0.4 is 15.8 Å². The van der Waals surface area contributed by atoms with Gasteiger partial charge in [0.25, 0.3) is 5.56 Å². The van der Waals surface area contributed by atoms with Gasteiger partial charge in [-0.2, -0.15) is 0 Å². The van der Waals surface area contributed by atoms with Crippen molar-refractivity contribution in [3.63, 3.8) is 0 Å². The van der Waals surface area contributed by atoms with Crippen molar-refractivity contribution in [3.8, 4) is 0 Å². The van der Waals surface area contributed by atoms with Crippen molar-refractivity contribution < 1.29 is 4.79 Å². The topological polar surface area (TPSA) is 65.2 Å². The van der Waals surface area contributed by atoms with E-state index < -0.39 is 0 Å². The van der Waals surface area contributed by atoms with E-state index >= 15 is 0 Å². The minimum Gasteiger partial charge on any atom is -0.378 e. The Kier molecular flexibility index (Phi) is 5.56. The van der Waals surface area contributed by atoms with Crippen molar-refractivity contribution in [1.82, 2.24) is 4.98 Å². The minimum atomic E-state index is -0.188. The van der Waals surface area contributed by atoms with Gasteiger partial charge in [0, 0.05) is 45.8 Å². The largest absolute Gasteiger partial charge is 0.378 e. The molecule has 156 valence electrons. The highest BCUT2D eigenvalue weighted by molar-refractivity contribution is 6.31. The first-order valence-electron chi connectivity index (χ1n) is 10.3. The Morgan fingerprint density at radius 2 is 1.87 bits per heavy atom. The van der Waals surface area contributed by atoms with Crippen LogP contribution in [0.25, 0.3) is 10.9 Å². The molecule has 0 saturated carbocycles. The van der Waals surface area contributed by atoms with Crippen LogP contribution in [0.3, 0.4) is 0 Å². The fraction of sp³-hybridized carbons (Fsp3) is 0.333.